The minimum Gasteiger partial charge on any atom is -0.383 e. The van der Waals surface area contributed by atoms with Crippen LogP contribution in [0.15, 0.2) is 35.5 Å². The fourth-order valence-corrected chi connectivity index (χ4v) is 1.58. The summed E-state index contributed by atoms with van der Waals surface area (Å²) in [5, 5.41) is 3.54. The molecule has 2 unspecified atom stereocenters. The minimum atomic E-state index is -0.511. The second-order valence-electron chi connectivity index (χ2n) is 3.22. The van der Waals surface area contributed by atoms with Crippen LogP contribution in [0.5, 0.6) is 0 Å². The third kappa shape index (κ3) is 1.31. The highest BCUT2D eigenvalue weighted by Crippen LogP contribution is 2.35. The van der Waals surface area contributed by atoms with Gasteiger partial charge in [-0.2, -0.15) is 0 Å². The van der Waals surface area contributed by atoms with E-state index in [9.17, 15) is 0 Å². The van der Waals surface area contributed by atoms with Crippen molar-refractivity contribution in [3.8, 4) is 0 Å². The topological polar surface area (TPSA) is 21.6 Å². The Kier molecular flexibility index (Phi) is 2.00. The number of benzene rings is 1. The maximum absolute atomic E-state index is 6.08. The number of oxime groups is 1. The standard InChI is InChI=1S/C10H10ClNO/c1-10(9(11)7-12-13-10)8-5-3-2-4-6-8/h2-7,9H,1H3. The Morgan fingerprint density at radius 1 is 1.38 bits per heavy atom. The molecular weight excluding hydrogens is 186 g/mol. The van der Waals surface area contributed by atoms with Crippen LogP contribution in [-0.2, 0) is 10.4 Å². The highest BCUT2D eigenvalue weighted by atomic mass is 35.5. The highest BCUT2D eigenvalue weighted by molar-refractivity contribution is 6.29. The smallest absolute Gasteiger partial charge is 0.181 e. The van der Waals surface area contributed by atoms with E-state index in [0.717, 1.165) is 5.56 Å². The van der Waals surface area contributed by atoms with E-state index in [4.69, 9.17) is 16.4 Å². The van der Waals surface area contributed by atoms with Gasteiger partial charge in [-0.25, -0.2) is 0 Å². The van der Waals surface area contributed by atoms with E-state index in [-0.39, 0.29) is 5.38 Å². The first-order chi connectivity index (χ1) is 6.23. The lowest BCUT2D eigenvalue weighted by molar-refractivity contribution is -0.00519. The first-order valence-corrected chi connectivity index (χ1v) is 4.58. The lowest BCUT2D eigenvalue weighted by Crippen LogP contribution is -2.30. The fraction of sp³-hybridized carbons (Fsp3) is 0.300. The normalized spacial score (nSPS) is 31.7. The van der Waals surface area contributed by atoms with Gasteiger partial charge >= 0.3 is 0 Å². The average Bonchev–Trinajstić information content (AvgIpc) is 2.50. The van der Waals surface area contributed by atoms with Crippen LogP contribution in [0.3, 0.4) is 0 Å². The molecule has 1 aromatic carbocycles. The molecule has 0 bridgehead atoms. The van der Waals surface area contributed by atoms with Gasteiger partial charge in [0.2, 0.25) is 0 Å². The molecule has 3 heteroatoms. The first-order valence-electron chi connectivity index (χ1n) is 4.15. The Hall–Kier alpha value is -1.02. The van der Waals surface area contributed by atoms with Crippen molar-refractivity contribution in [1.29, 1.82) is 0 Å². The summed E-state index contributed by atoms with van der Waals surface area (Å²) in [6.07, 6.45) is 1.62. The molecule has 0 saturated heterocycles. The summed E-state index contributed by atoms with van der Waals surface area (Å²) in [5.74, 6) is 0. The van der Waals surface area contributed by atoms with Gasteiger partial charge in [0, 0.05) is 0 Å². The number of rotatable bonds is 1. The maximum atomic E-state index is 6.08. The van der Waals surface area contributed by atoms with Crippen molar-refractivity contribution < 1.29 is 4.84 Å². The Balaban J connectivity index is 2.36. The van der Waals surface area contributed by atoms with Gasteiger partial charge in [-0.3, -0.25) is 0 Å². The lowest BCUT2D eigenvalue weighted by Gasteiger charge is -2.24. The summed E-state index contributed by atoms with van der Waals surface area (Å²) in [7, 11) is 0. The van der Waals surface area contributed by atoms with Crippen molar-refractivity contribution >= 4 is 17.8 Å². The van der Waals surface area contributed by atoms with E-state index in [1.54, 1.807) is 6.21 Å². The summed E-state index contributed by atoms with van der Waals surface area (Å²) >= 11 is 6.08. The molecule has 0 fully saturated rings. The van der Waals surface area contributed by atoms with Gasteiger partial charge in [0.05, 0.1) is 6.21 Å². The maximum Gasteiger partial charge on any atom is 0.181 e. The summed E-state index contributed by atoms with van der Waals surface area (Å²) in [5.41, 5.74) is 0.538. The van der Waals surface area contributed by atoms with Gasteiger partial charge < -0.3 is 4.84 Å². The zero-order valence-corrected chi connectivity index (χ0v) is 8.03. The summed E-state index contributed by atoms with van der Waals surface area (Å²) in [4.78, 5) is 5.28. The largest absolute Gasteiger partial charge is 0.383 e. The Morgan fingerprint density at radius 2 is 2.08 bits per heavy atom. The van der Waals surface area contributed by atoms with Crippen molar-refractivity contribution in [3.63, 3.8) is 0 Å². The van der Waals surface area contributed by atoms with Crippen molar-refractivity contribution in [3.05, 3.63) is 35.9 Å². The van der Waals surface area contributed by atoms with Gasteiger partial charge in [0.1, 0.15) is 5.38 Å². The molecule has 1 aliphatic heterocycles. The third-order valence-corrected chi connectivity index (χ3v) is 2.84. The molecule has 0 saturated carbocycles. The van der Waals surface area contributed by atoms with Crippen LogP contribution in [0.25, 0.3) is 0 Å². The SMILES string of the molecule is CC1(c2ccccc2)ON=CC1Cl. The van der Waals surface area contributed by atoms with E-state index in [0.29, 0.717) is 0 Å². The molecule has 1 aliphatic rings. The molecule has 0 aromatic heterocycles. The van der Waals surface area contributed by atoms with Gasteiger partial charge in [-0.15, -0.1) is 11.6 Å². The molecule has 1 aromatic rings. The molecule has 0 radical (unpaired) electrons. The zero-order valence-electron chi connectivity index (χ0n) is 7.27. The molecule has 2 nitrogen and oxygen atoms in total. The predicted octanol–water partition coefficient (Wildman–Crippen LogP) is 2.53. The van der Waals surface area contributed by atoms with Crippen LogP contribution in [-0.4, -0.2) is 11.6 Å². The minimum absolute atomic E-state index is 0.199. The first kappa shape index (κ1) is 8.57. The van der Waals surface area contributed by atoms with Crippen LogP contribution < -0.4 is 0 Å². The van der Waals surface area contributed by atoms with Crippen molar-refractivity contribution in [2.45, 2.75) is 17.9 Å². The number of alkyl halides is 1. The van der Waals surface area contributed by atoms with Crippen LogP contribution in [0.1, 0.15) is 12.5 Å². The molecule has 0 spiro atoms. The second kappa shape index (κ2) is 3.04. The summed E-state index contributed by atoms with van der Waals surface area (Å²) in [6, 6.07) is 9.87. The molecule has 13 heavy (non-hydrogen) atoms. The Bertz CT molecular complexity index is 325. The third-order valence-electron chi connectivity index (χ3n) is 2.31. The van der Waals surface area contributed by atoms with Crippen LogP contribution in [0.4, 0.5) is 0 Å². The molecular formula is C10H10ClNO. The van der Waals surface area contributed by atoms with Crippen molar-refractivity contribution in [2.75, 3.05) is 0 Å². The van der Waals surface area contributed by atoms with Crippen LogP contribution in [0, 0.1) is 0 Å². The van der Waals surface area contributed by atoms with E-state index in [1.807, 2.05) is 37.3 Å². The number of hydrogen-bond acceptors (Lipinski definition) is 2. The van der Waals surface area contributed by atoms with E-state index >= 15 is 0 Å². The van der Waals surface area contributed by atoms with Gasteiger partial charge in [0.25, 0.3) is 0 Å². The number of halogens is 1. The van der Waals surface area contributed by atoms with Gasteiger partial charge in [-0.05, 0) is 12.5 Å². The Labute approximate surface area is 82.2 Å². The van der Waals surface area contributed by atoms with Gasteiger partial charge in [0.15, 0.2) is 5.60 Å². The molecule has 2 rings (SSSR count). The number of hydrogen-bond donors (Lipinski definition) is 0. The highest BCUT2D eigenvalue weighted by Gasteiger charge is 2.40. The van der Waals surface area contributed by atoms with Crippen molar-refractivity contribution in [1.82, 2.24) is 0 Å². The predicted molar refractivity (Wildman–Crippen MR) is 53.0 cm³/mol. The summed E-state index contributed by atoms with van der Waals surface area (Å²) in [6.45, 7) is 1.94. The average molecular weight is 196 g/mol. The van der Waals surface area contributed by atoms with E-state index in [1.165, 1.54) is 0 Å². The molecule has 0 aliphatic carbocycles. The molecule has 68 valence electrons. The van der Waals surface area contributed by atoms with E-state index in [2.05, 4.69) is 5.16 Å². The lowest BCUT2D eigenvalue weighted by atomic mass is 9.93. The fourth-order valence-electron chi connectivity index (χ4n) is 1.37. The number of nitrogens with zero attached hydrogens (tertiary/aromatic N) is 1. The molecule has 2 atom stereocenters. The quantitative estimate of drug-likeness (QED) is 0.631. The van der Waals surface area contributed by atoms with Crippen LogP contribution >= 0.6 is 11.6 Å². The van der Waals surface area contributed by atoms with E-state index < -0.39 is 5.60 Å². The van der Waals surface area contributed by atoms with Gasteiger partial charge in [-0.1, -0.05) is 35.5 Å². The molecule has 1 heterocycles. The van der Waals surface area contributed by atoms with Crippen LogP contribution in [0.2, 0.25) is 0 Å². The Morgan fingerprint density at radius 3 is 2.62 bits per heavy atom. The van der Waals surface area contributed by atoms with Crippen molar-refractivity contribution in [2.24, 2.45) is 5.16 Å². The molecule has 0 N–H and O–H groups in total. The monoisotopic (exact) mass is 195 g/mol. The molecule has 0 amide bonds. The second-order valence-corrected chi connectivity index (χ2v) is 3.69. The zero-order chi connectivity index (χ0) is 9.31. The summed E-state index contributed by atoms with van der Waals surface area (Å²) < 4.78 is 0.